The van der Waals surface area contributed by atoms with Crippen LogP contribution in [0.25, 0.3) is 11.2 Å². The van der Waals surface area contributed by atoms with E-state index in [0.717, 1.165) is 12.8 Å². The lowest BCUT2D eigenvalue weighted by Gasteiger charge is -2.19. The van der Waals surface area contributed by atoms with Crippen molar-refractivity contribution >= 4 is 23.0 Å². The van der Waals surface area contributed by atoms with E-state index in [-0.39, 0.29) is 6.61 Å². The number of urea groups is 1. The van der Waals surface area contributed by atoms with Crippen LogP contribution in [0.15, 0.2) is 12.7 Å². The lowest BCUT2D eigenvalue weighted by molar-refractivity contribution is -0.0489. The molecular formula is C16H23N7O4. The number of anilines is 1. The third-order valence-electron chi connectivity index (χ3n) is 5.19. The van der Waals surface area contributed by atoms with Gasteiger partial charge in [-0.05, 0) is 12.8 Å². The maximum Gasteiger partial charge on any atom is 0.312 e. The molecule has 11 heteroatoms. The second-order valence-corrected chi connectivity index (χ2v) is 6.94. The molecule has 2 aliphatic rings. The summed E-state index contributed by atoms with van der Waals surface area (Å²) >= 11 is 0. The van der Waals surface area contributed by atoms with Crippen LogP contribution in [0.5, 0.6) is 0 Å². The molecule has 0 aromatic carbocycles. The maximum atomic E-state index is 11.2. The van der Waals surface area contributed by atoms with Gasteiger partial charge in [-0.3, -0.25) is 4.57 Å². The molecular weight excluding hydrogens is 354 g/mol. The Labute approximate surface area is 154 Å². The molecule has 0 bridgehead atoms. The molecule has 1 aliphatic heterocycles. The number of primary amides is 1. The summed E-state index contributed by atoms with van der Waals surface area (Å²) in [6.07, 6.45) is 4.71. The standard InChI is InChI=1S/C16H23N7O4/c17-16(26)22-10-9(5-24)27-15(12(10)25)23-7-20-11-13(18-6-19-14(11)23)21-8-3-1-2-4-8/h6-10,12,15,24-25H,1-5H2,(H3,17,22,26)(H,18,19,21)/t9-,10?,12?,15-/m1/s1. The van der Waals surface area contributed by atoms with Crippen LogP contribution < -0.4 is 16.4 Å². The first-order valence-electron chi connectivity index (χ1n) is 9.03. The molecule has 4 atom stereocenters. The summed E-state index contributed by atoms with van der Waals surface area (Å²) in [5.41, 5.74) is 6.22. The molecule has 1 saturated carbocycles. The highest BCUT2D eigenvalue weighted by Gasteiger charge is 2.45. The third kappa shape index (κ3) is 3.29. The number of nitrogens with zero attached hydrogens (tertiary/aromatic N) is 4. The number of amides is 2. The Bertz CT molecular complexity index is 822. The highest BCUT2D eigenvalue weighted by Crippen LogP contribution is 2.32. The normalized spacial score (nSPS) is 28.7. The van der Waals surface area contributed by atoms with Crippen LogP contribution in [0.1, 0.15) is 31.9 Å². The highest BCUT2D eigenvalue weighted by molar-refractivity contribution is 5.82. The zero-order valence-electron chi connectivity index (χ0n) is 14.7. The van der Waals surface area contributed by atoms with Crippen molar-refractivity contribution in [3.05, 3.63) is 12.7 Å². The zero-order valence-corrected chi connectivity index (χ0v) is 14.7. The van der Waals surface area contributed by atoms with Gasteiger partial charge in [-0.25, -0.2) is 19.7 Å². The van der Waals surface area contributed by atoms with Gasteiger partial charge in [-0.15, -0.1) is 0 Å². The molecule has 11 nitrogen and oxygen atoms in total. The average Bonchev–Trinajstić information content (AvgIpc) is 3.36. The number of aliphatic hydroxyl groups is 2. The second-order valence-electron chi connectivity index (χ2n) is 6.94. The summed E-state index contributed by atoms with van der Waals surface area (Å²) in [6, 6.07) is -1.28. The molecule has 3 heterocycles. The lowest BCUT2D eigenvalue weighted by Crippen LogP contribution is -2.50. The van der Waals surface area contributed by atoms with E-state index in [9.17, 15) is 15.0 Å². The fourth-order valence-electron chi connectivity index (χ4n) is 3.88. The predicted octanol–water partition coefficient (Wildman–Crippen LogP) is -0.532. The average molecular weight is 377 g/mol. The van der Waals surface area contributed by atoms with Gasteiger partial charge in [0.1, 0.15) is 18.5 Å². The van der Waals surface area contributed by atoms with Crippen molar-refractivity contribution in [2.24, 2.45) is 5.73 Å². The number of carbonyl (C=O) groups excluding carboxylic acids is 1. The zero-order chi connectivity index (χ0) is 19.0. The van der Waals surface area contributed by atoms with Crippen molar-refractivity contribution in [3.8, 4) is 0 Å². The van der Waals surface area contributed by atoms with Gasteiger partial charge < -0.3 is 31.3 Å². The number of hydrogen-bond donors (Lipinski definition) is 5. The van der Waals surface area contributed by atoms with Crippen molar-refractivity contribution in [2.75, 3.05) is 11.9 Å². The lowest BCUT2D eigenvalue weighted by atomic mass is 10.1. The SMILES string of the molecule is NC(=O)NC1C(O)[C@H](n2cnc3c(NC4CCCC4)ncnc32)O[C@@H]1CO. The Balaban J connectivity index is 1.63. The Kier molecular flexibility index (Phi) is 4.81. The summed E-state index contributed by atoms with van der Waals surface area (Å²) < 4.78 is 7.31. The second kappa shape index (κ2) is 7.25. The molecule has 6 N–H and O–H groups in total. The van der Waals surface area contributed by atoms with Gasteiger partial charge >= 0.3 is 6.03 Å². The van der Waals surface area contributed by atoms with Crippen LogP contribution in [0.2, 0.25) is 0 Å². The number of aromatic nitrogens is 4. The molecule has 2 fully saturated rings. The molecule has 1 saturated heterocycles. The van der Waals surface area contributed by atoms with Crippen molar-refractivity contribution < 1.29 is 19.7 Å². The quantitative estimate of drug-likeness (QED) is 0.465. The van der Waals surface area contributed by atoms with Crippen LogP contribution in [-0.2, 0) is 4.74 Å². The van der Waals surface area contributed by atoms with Crippen LogP contribution in [0.3, 0.4) is 0 Å². The first kappa shape index (κ1) is 17.9. The summed E-state index contributed by atoms with van der Waals surface area (Å²) in [6.45, 7) is -0.380. The van der Waals surface area contributed by atoms with Crippen molar-refractivity contribution in [1.29, 1.82) is 0 Å². The maximum absolute atomic E-state index is 11.2. The van der Waals surface area contributed by atoms with Gasteiger partial charge in [0, 0.05) is 6.04 Å². The monoisotopic (exact) mass is 377 g/mol. The van der Waals surface area contributed by atoms with E-state index >= 15 is 0 Å². The first-order valence-corrected chi connectivity index (χ1v) is 9.03. The Hall–Kier alpha value is -2.50. The van der Waals surface area contributed by atoms with Crippen molar-refractivity contribution in [3.63, 3.8) is 0 Å². The molecule has 27 heavy (non-hydrogen) atoms. The minimum absolute atomic E-state index is 0.365. The van der Waals surface area contributed by atoms with Crippen molar-refractivity contribution in [1.82, 2.24) is 24.8 Å². The van der Waals surface area contributed by atoms with Crippen LogP contribution in [0, 0.1) is 0 Å². The van der Waals surface area contributed by atoms with E-state index in [0.29, 0.717) is 23.0 Å². The number of carbonyl (C=O) groups is 1. The Morgan fingerprint density at radius 3 is 2.81 bits per heavy atom. The van der Waals surface area contributed by atoms with Gasteiger partial charge in [0.05, 0.1) is 19.0 Å². The third-order valence-corrected chi connectivity index (χ3v) is 5.19. The predicted molar refractivity (Wildman–Crippen MR) is 94.7 cm³/mol. The fraction of sp³-hybridized carbons (Fsp3) is 0.625. The summed E-state index contributed by atoms with van der Waals surface area (Å²) in [4.78, 5) is 24.2. The molecule has 2 aromatic rings. The molecule has 146 valence electrons. The van der Waals surface area contributed by atoms with Gasteiger partial charge in [-0.1, -0.05) is 12.8 Å². The number of rotatable bonds is 5. The number of fused-ring (bicyclic) bond motifs is 1. The number of imidazole rings is 1. The fourth-order valence-corrected chi connectivity index (χ4v) is 3.88. The molecule has 1 aliphatic carbocycles. The Morgan fingerprint density at radius 2 is 2.11 bits per heavy atom. The van der Waals surface area contributed by atoms with E-state index in [2.05, 4.69) is 25.6 Å². The summed E-state index contributed by atoms with van der Waals surface area (Å²) in [5.74, 6) is 0.642. The topological polar surface area (TPSA) is 160 Å². The number of hydrogen-bond acceptors (Lipinski definition) is 8. The minimum Gasteiger partial charge on any atom is -0.394 e. The van der Waals surface area contributed by atoms with Gasteiger partial charge in [-0.2, -0.15) is 0 Å². The number of ether oxygens (including phenoxy) is 1. The molecule has 2 unspecified atom stereocenters. The van der Waals surface area contributed by atoms with E-state index in [4.69, 9.17) is 10.5 Å². The largest absolute Gasteiger partial charge is 0.394 e. The van der Waals surface area contributed by atoms with E-state index in [1.54, 1.807) is 4.57 Å². The van der Waals surface area contributed by atoms with Gasteiger partial charge in [0.15, 0.2) is 23.2 Å². The number of nitrogens with two attached hydrogens (primary N) is 1. The van der Waals surface area contributed by atoms with E-state index < -0.39 is 30.5 Å². The van der Waals surface area contributed by atoms with E-state index in [1.165, 1.54) is 25.5 Å². The van der Waals surface area contributed by atoms with E-state index in [1.807, 2.05) is 0 Å². The van der Waals surface area contributed by atoms with Crippen molar-refractivity contribution in [2.45, 2.75) is 56.2 Å². The minimum atomic E-state index is -1.13. The number of aliphatic hydroxyl groups excluding tert-OH is 2. The van der Waals surface area contributed by atoms with Gasteiger partial charge in [0.25, 0.3) is 0 Å². The summed E-state index contributed by atoms with van der Waals surface area (Å²) in [5, 5.41) is 26.0. The molecule has 0 spiro atoms. The molecule has 4 rings (SSSR count). The Morgan fingerprint density at radius 1 is 1.33 bits per heavy atom. The smallest absolute Gasteiger partial charge is 0.312 e. The molecule has 0 radical (unpaired) electrons. The molecule has 2 aromatic heterocycles. The summed E-state index contributed by atoms with van der Waals surface area (Å²) in [7, 11) is 0. The van der Waals surface area contributed by atoms with Crippen LogP contribution in [-0.4, -0.2) is 66.7 Å². The van der Waals surface area contributed by atoms with Crippen LogP contribution >= 0.6 is 0 Å². The first-order chi connectivity index (χ1) is 13.1. The van der Waals surface area contributed by atoms with Gasteiger partial charge in [0.2, 0.25) is 0 Å². The molecule has 2 amide bonds. The number of nitrogens with one attached hydrogen (secondary N) is 2. The van der Waals surface area contributed by atoms with Crippen LogP contribution in [0.4, 0.5) is 10.6 Å². The highest BCUT2D eigenvalue weighted by atomic mass is 16.5.